The lowest BCUT2D eigenvalue weighted by Crippen LogP contribution is -2.40. The lowest BCUT2D eigenvalue weighted by atomic mass is 9.70. The summed E-state index contributed by atoms with van der Waals surface area (Å²) in [6.45, 7) is 8.84. The molecule has 0 saturated heterocycles. The van der Waals surface area contributed by atoms with E-state index in [1.54, 1.807) is 0 Å². The molecular formula is C12H22O2. The molecule has 1 saturated carbocycles. The van der Waals surface area contributed by atoms with Crippen LogP contribution in [0.3, 0.4) is 0 Å². The molecule has 0 radical (unpaired) electrons. The van der Waals surface area contributed by atoms with E-state index in [-0.39, 0.29) is 11.4 Å². The Kier molecular flexibility index (Phi) is 3.57. The third-order valence-electron chi connectivity index (χ3n) is 3.79. The van der Waals surface area contributed by atoms with Crippen molar-refractivity contribution in [2.75, 3.05) is 6.61 Å². The van der Waals surface area contributed by atoms with Crippen LogP contribution in [0.1, 0.15) is 47.0 Å². The highest BCUT2D eigenvalue weighted by Gasteiger charge is 2.49. The second-order valence-electron chi connectivity index (χ2n) is 4.71. The molecule has 2 atom stereocenters. The molecule has 1 aliphatic rings. The number of hydrogen-bond acceptors (Lipinski definition) is 2. The van der Waals surface area contributed by atoms with Crippen molar-refractivity contribution in [1.29, 1.82) is 0 Å². The molecule has 0 aromatic heterocycles. The van der Waals surface area contributed by atoms with Crippen molar-refractivity contribution in [3.63, 3.8) is 0 Å². The van der Waals surface area contributed by atoms with Gasteiger partial charge in [-0.3, -0.25) is 4.79 Å². The summed E-state index contributed by atoms with van der Waals surface area (Å²) in [6.07, 6.45) is 3.33. The van der Waals surface area contributed by atoms with Gasteiger partial charge in [0.25, 0.3) is 0 Å². The monoisotopic (exact) mass is 198 g/mol. The van der Waals surface area contributed by atoms with Crippen molar-refractivity contribution in [2.45, 2.75) is 47.0 Å². The lowest BCUT2D eigenvalue weighted by molar-refractivity contribution is -0.161. The molecule has 0 aliphatic heterocycles. The van der Waals surface area contributed by atoms with Crippen molar-refractivity contribution >= 4 is 5.97 Å². The summed E-state index contributed by atoms with van der Waals surface area (Å²) in [5.74, 6) is 0.889. The molecule has 14 heavy (non-hydrogen) atoms. The molecule has 0 spiro atoms. The SMILES string of the molecule is CCOC(=O)C1(C(C)C)CCCC1C. The predicted molar refractivity (Wildman–Crippen MR) is 56.9 cm³/mol. The van der Waals surface area contributed by atoms with E-state index in [1.165, 1.54) is 0 Å². The molecule has 2 unspecified atom stereocenters. The first-order valence-electron chi connectivity index (χ1n) is 5.73. The van der Waals surface area contributed by atoms with Gasteiger partial charge in [0.15, 0.2) is 0 Å². The number of carbonyl (C=O) groups excluding carboxylic acids is 1. The minimum atomic E-state index is -0.198. The van der Waals surface area contributed by atoms with E-state index in [9.17, 15) is 4.79 Å². The van der Waals surface area contributed by atoms with Gasteiger partial charge in [0.05, 0.1) is 12.0 Å². The van der Waals surface area contributed by atoms with E-state index in [1.807, 2.05) is 6.92 Å². The third-order valence-corrected chi connectivity index (χ3v) is 3.79. The normalized spacial score (nSPS) is 32.2. The summed E-state index contributed by atoms with van der Waals surface area (Å²) < 4.78 is 5.22. The molecule has 1 fully saturated rings. The Morgan fingerprint density at radius 3 is 2.57 bits per heavy atom. The topological polar surface area (TPSA) is 26.3 Å². The van der Waals surface area contributed by atoms with Gasteiger partial charge in [-0.05, 0) is 31.6 Å². The second-order valence-corrected chi connectivity index (χ2v) is 4.71. The van der Waals surface area contributed by atoms with Crippen LogP contribution in [0.4, 0.5) is 0 Å². The van der Waals surface area contributed by atoms with Gasteiger partial charge in [0, 0.05) is 0 Å². The van der Waals surface area contributed by atoms with Crippen molar-refractivity contribution in [1.82, 2.24) is 0 Å². The van der Waals surface area contributed by atoms with Crippen LogP contribution >= 0.6 is 0 Å². The summed E-state index contributed by atoms with van der Waals surface area (Å²) in [5.41, 5.74) is -0.198. The Labute approximate surface area is 87.0 Å². The van der Waals surface area contributed by atoms with E-state index >= 15 is 0 Å². The van der Waals surface area contributed by atoms with Crippen LogP contribution in [0.5, 0.6) is 0 Å². The fourth-order valence-electron chi connectivity index (χ4n) is 2.87. The molecule has 82 valence electrons. The fourth-order valence-corrected chi connectivity index (χ4v) is 2.87. The summed E-state index contributed by atoms with van der Waals surface area (Å²) in [7, 11) is 0. The minimum Gasteiger partial charge on any atom is -0.466 e. The summed E-state index contributed by atoms with van der Waals surface area (Å²) >= 11 is 0. The van der Waals surface area contributed by atoms with Crippen LogP contribution in [-0.4, -0.2) is 12.6 Å². The number of esters is 1. The van der Waals surface area contributed by atoms with Crippen LogP contribution in [0, 0.1) is 17.3 Å². The van der Waals surface area contributed by atoms with Crippen LogP contribution in [0.15, 0.2) is 0 Å². The van der Waals surface area contributed by atoms with E-state index < -0.39 is 0 Å². The fraction of sp³-hybridized carbons (Fsp3) is 0.917. The molecule has 2 heteroatoms. The Hall–Kier alpha value is -0.530. The van der Waals surface area contributed by atoms with Gasteiger partial charge in [0.1, 0.15) is 0 Å². The number of ether oxygens (including phenoxy) is 1. The first-order valence-corrected chi connectivity index (χ1v) is 5.73. The van der Waals surface area contributed by atoms with Crippen molar-refractivity contribution in [3.05, 3.63) is 0 Å². The molecule has 0 amide bonds. The zero-order chi connectivity index (χ0) is 10.8. The highest BCUT2D eigenvalue weighted by atomic mass is 16.5. The highest BCUT2D eigenvalue weighted by molar-refractivity contribution is 5.78. The maximum absolute atomic E-state index is 12.0. The van der Waals surface area contributed by atoms with Crippen molar-refractivity contribution in [3.8, 4) is 0 Å². The molecule has 0 aromatic rings. The average Bonchev–Trinajstić information content (AvgIpc) is 2.48. The van der Waals surface area contributed by atoms with Crippen LogP contribution in [-0.2, 0) is 9.53 Å². The van der Waals surface area contributed by atoms with Crippen molar-refractivity contribution in [2.24, 2.45) is 17.3 Å². The van der Waals surface area contributed by atoms with E-state index in [0.29, 0.717) is 18.4 Å². The Balaban J connectivity index is 2.87. The summed E-state index contributed by atoms with van der Waals surface area (Å²) in [6, 6.07) is 0. The van der Waals surface area contributed by atoms with Gasteiger partial charge in [-0.2, -0.15) is 0 Å². The molecule has 1 aliphatic carbocycles. The highest BCUT2D eigenvalue weighted by Crippen LogP contribution is 2.49. The number of rotatable bonds is 3. The Morgan fingerprint density at radius 1 is 1.57 bits per heavy atom. The minimum absolute atomic E-state index is 0.0278. The third kappa shape index (κ3) is 1.67. The molecular weight excluding hydrogens is 176 g/mol. The van der Waals surface area contributed by atoms with Gasteiger partial charge in [-0.25, -0.2) is 0 Å². The summed E-state index contributed by atoms with van der Waals surface area (Å²) in [5, 5.41) is 0. The van der Waals surface area contributed by atoms with Gasteiger partial charge in [-0.1, -0.05) is 27.2 Å². The van der Waals surface area contributed by atoms with Crippen LogP contribution < -0.4 is 0 Å². The zero-order valence-corrected chi connectivity index (χ0v) is 9.80. The molecule has 0 N–H and O–H groups in total. The second kappa shape index (κ2) is 4.33. The van der Waals surface area contributed by atoms with Crippen LogP contribution in [0.25, 0.3) is 0 Å². The van der Waals surface area contributed by atoms with E-state index in [2.05, 4.69) is 20.8 Å². The van der Waals surface area contributed by atoms with E-state index in [0.717, 1.165) is 19.3 Å². The lowest BCUT2D eigenvalue weighted by Gasteiger charge is -2.35. The molecule has 1 rings (SSSR count). The first-order chi connectivity index (χ1) is 6.55. The Morgan fingerprint density at radius 2 is 2.21 bits per heavy atom. The maximum atomic E-state index is 12.0. The zero-order valence-electron chi connectivity index (χ0n) is 9.80. The number of hydrogen-bond donors (Lipinski definition) is 0. The van der Waals surface area contributed by atoms with Crippen LogP contribution in [0.2, 0.25) is 0 Å². The molecule has 2 nitrogen and oxygen atoms in total. The Bertz CT molecular complexity index is 210. The van der Waals surface area contributed by atoms with E-state index in [4.69, 9.17) is 4.74 Å². The first kappa shape index (κ1) is 11.5. The van der Waals surface area contributed by atoms with Gasteiger partial charge in [-0.15, -0.1) is 0 Å². The smallest absolute Gasteiger partial charge is 0.312 e. The quantitative estimate of drug-likeness (QED) is 0.652. The standard InChI is InChI=1S/C12H22O2/c1-5-14-11(13)12(9(2)3)8-6-7-10(12)4/h9-10H,5-8H2,1-4H3. The largest absolute Gasteiger partial charge is 0.466 e. The van der Waals surface area contributed by atoms with Gasteiger partial charge >= 0.3 is 5.97 Å². The summed E-state index contributed by atoms with van der Waals surface area (Å²) in [4.78, 5) is 12.0. The molecule has 0 bridgehead atoms. The number of carbonyl (C=O) groups is 1. The molecule has 0 aromatic carbocycles. The average molecular weight is 198 g/mol. The maximum Gasteiger partial charge on any atom is 0.312 e. The predicted octanol–water partition coefficient (Wildman–Crippen LogP) is 3.01. The van der Waals surface area contributed by atoms with Gasteiger partial charge < -0.3 is 4.74 Å². The van der Waals surface area contributed by atoms with Crippen molar-refractivity contribution < 1.29 is 9.53 Å². The van der Waals surface area contributed by atoms with Gasteiger partial charge in [0.2, 0.25) is 0 Å². The molecule has 0 heterocycles.